The molecule has 0 aliphatic rings. The Morgan fingerprint density at radius 2 is 1.63 bits per heavy atom. The van der Waals surface area contributed by atoms with Gasteiger partial charge in [0.15, 0.2) is 0 Å². The second-order valence-corrected chi connectivity index (χ2v) is 5.95. The third-order valence-corrected chi connectivity index (χ3v) is 3.36. The number of carbonyl (C=O) groups is 2. The number of amides is 2. The standard InChI is InChI=1S/C20H20F2N2O3/c1-13(2)23-19(26)17(24-18(25)15-6-4-3-5-7-15)12-14-8-10-16(11-9-14)27-20(21)22/h3-13,20H,1-2H3,(H,23,26)(H,24,25)/b17-12-. The fraction of sp³-hybridized carbons (Fsp3) is 0.200. The molecule has 2 aromatic rings. The molecule has 0 heterocycles. The highest BCUT2D eigenvalue weighted by Gasteiger charge is 2.15. The molecule has 0 aromatic heterocycles. The molecular weight excluding hydrogens is 354 g/mol. The fourth-order valence-electron chi connectivity index (χ4n) is 2.19. The van der Waals surface area contributed by atoms with Gasteiger partial charge < -0.3 is 15.4 Å². The summed E-state index contributed by atoms with van der Waals surface area (Å²) in [5.74, 6) is -0.885. The van der Waals surface area contributed by atoms with E-state index in [1.807, 2.05) is 0 Å². The lowest BCUT2D eigenvalue weighted by molar-refractivity contribution is -0.118. The zero-order valence-electron chi connectivity index (χ0n) is 14.9. The summed E-state index contributed by atoms with van der Waals surface area (Å²) in [6.45, 7) is 0.680. The molecule has 0 unspecified atom stereocenters. The second-order valence-electron chi connectivity index (χ2n) is 5.95. The summed E-state index contributed by atoms with van der Waals surface area (Å²) in [4.78, 5) is 24.8. The quantitative estimate of drug-likeness (QED) is 0.728. The second kappa shape index (κ2) is 9.47. The van der Waals surface area contributed by atoms with Crippen LogP contribution in [0.15, 0.2) is 60.3 Å². The molecule has 0 bridgehead atoms. The van der Waals surface area contributed by atoms with Crippen molar-refractivity contribution >= 4 is 17.9 Å². The summed E-state index contributed by atoms with van der Waals surface area (Å²) >= 11 is 0. The van der Waals surface area contributed by atoms with E-state index in [4.69, 9.17) is 0 Å². The summed E-state index contributed by atoms with van der Waals surface area (Å²) in [6, 6.07) is 14.1. The maximum absolute atomic E-state index is 12.4. The van der Waals surface area contributed by atoms with Gasteiger partial charge in [-0.1, -0.05) is 30.3 Å². The lowest BCUT2D eigenvalue weighted by atomic mass is 10.1. The first-order chi connectivity index (χ1) is 12.8. The van der Waals surface area contributed by atoms with Crippen molar-refractivity contribution in [1.82, 2.24) is 10.6 Å². The molecule has 0 saturated carbocycles. The molecule has 2 rings (SSSR count). The Hall–Kier alpha value is -3.22. The highest BCUT2D eigenvalue weighted by atomic mass is 19.3. The van der Waals surface area contributed by atoms with Crippen molar-refractivity contribution < 1.29 is 23.1 Å². The Bertz CT molecular complexity index is 804. The van der Waals surface area contributed by atoms with Gasteiger partial charge >= 0.3 is 6.61 Å². The molecule has 2 N–H and O–H groups in total. The molecule has 0 atom stereocenters. The molecular formula is C20H20F2N2O3. The van der Waals surface area contributed by atoms with Gasteiger partial charge in [-0.05, 0) is 49.8 Å². The predicted molar refractivity (Wildman–Crippen MR) is 98.2 cm³/mol. The number of hydrogen-bond donors (Lipinski definition) is 2. The molecule has 7 heteroatoms. The molecule has 0 saturated heterocycles. The van der Waals surface area contributed by atoms with Crippen LogP contribution in [0.2, 0.25) is 0 Å². The van der Waals surface area contributed by atoms with Crippen LogP contribution in [0, 0.1) is 0 Å². The number of nitrogens with one attached hydrogen (secondary N) is 2. The Morgan fingerprint density at radius 1 is 1.00 bits per heavy atom. The molecule has 0 fully saturated rings. The first kappa shape index (κ1) is 20.1. The molecule has 5 nitrogen and oxygen atoms in total. The summed E-state index contributed by atoms with van der Waals surface area (Å²) in [5, 5.41) is 5.30. The van der Waals surface area contributed by atoms with Crippen molar-refractivity contribution in [2.24, 2.45) is 0 Å². The van der Waals surface area contributed by atoms with Crippen molar-refractivity contribution in [3.8, 4) is 5.75 Å². The summed E-state index contributed by atoms with van der Waals surface area (Å²) < 4.78 is 28.8. The normalized spacial score (nSPS) is 11.4. The molecule has 0 aliphatic heterocycles. The van der Waals surface area contributed by atoms with Gasteiger partial charge in [-0.25, -0.2) is 0 Å². The first-order valence-corrected chi connectivity index (χ1v) is 8.29. The van der Waals surface area contributed by atoms with E-state index in [2.05, 4.69) is 15.4 Å². The van der Waals surface area contributed by atoms with E-state index < -0.39 is 18.4 Å². The topological polar surface area (TPSA) is 67.4 Å². The summed E-state index contributed by atoms with van der Waals surface area (Å²) in [5.41, 5.74) is 0.986. The zero-order chi connectivity index (χ0) is 19.8. The first-order valence-electron chi connectivity index (χ1n) is 8.29. The van der Waals surface area contributed by atoms with Crippen LogP contribution in [0.25, 0.3) is 6.08 Å². The summed E-state index contributed by atoms with van der Waals surface area (Å²) in [6.07, 6.45) is 1.46. The van der Waals surface area contributed by atoms with E-state index in [9.17, 15) is 18.4 Å². The third kappa shape index (κ3) is 6.54. The lowest BCUT2D eigenvalue weighted by Crippen LogP contribution is -2.38. The highest BCUT2D eigenvalue weighted by Crippen LogP contribution is 2.16. The minimum Gasteiger partial charge on any atom is -0.435 e. The van der Waals surface area contributed by atoms with E-state index in [1.54, 1.807) is 44.2 Å². The number of hydrogen-bond acceptors (Lipinski definition) is 3. The number of rotatable bonds is 7. The predicted octanol–water partition coefficient (Wildman–Crippen LogP) is 3.58. The van der Waals surface area contributed by atoms with Gasteiger partial charge in [0.2, 0.25) is 0 Å². The van der Waals surface area contributed by atoms with Crippen LogP contribution in [-0.2, 0) is 4.79 Å². The van der Waals surface area contributed by atoms with E-state index in [0.717, 1.165) is 0 Å². The summed E-state index contributed by atoms with van der Waals surface area (Å²) in [7, 11) is 0. The van der Waals surface area contributed by atoms with Gasteiger partial charge in [0.05, 0.1) is 0 Å². The largest absolute Gasteiger partial charge is 0.435 e. The van der Waals surface area contributed by atoms with E-state index in [1.165, 1.54) is 30.3 Å². The number of ether oxygens (including phenoxy) is 1. The van der Waals surface area contributed by atoms with Gasteiger partial charge in [-0.15, -0.1) is 0 Å². The van der Waals surface area contributed by atoms with Crippen molar-refractivity contribution in [2.75, 3.05) is 0 Å². The molecule has 0 aliphatic carbocycles. The van der Waals surface area contributed by atoms with Crippen molar-refractivity contribution in [3.05, 3.63) is 71.4 Å². The number of benzene rings is 2. The molecule has 142 valence electrons. The molecule has 2 amide bonds. The van der Waals surface area contributed by atoms with Crippen LogP contribution in [0.3, 0.4) is 0 Å². The molecule has 27 heavy (non-hydrogen) atoms. The van der Waals surface area contributed by atoms with Crippen LogP contribution < -0.4 is 15.4 Å². The van der Waals surface area contributed by atoms with Gasteiger partial charge in [0.1, 0.15) is 11.4 Å². The lowest BCUT2D eigenvalue weighted by Gasteiger charge is -2.13. The minimum absolute atomic E-state index is 0.00338. The molecule has 0 radical (unpaired) electrons. The van der Waals surface area contributed by atoms with E-state index >= 15 is 0 Å². The van der Waals surface area contributed by atoms with E-state index in [-0.39, 0.29) is 17.5 Å². The van der Waals surface area contributed by atoms with Crippen molar-refractivity contribution in [3.63, 3.8) is 0 Å². The highest BCUT2D eigenvalue weighted by molar-refractivity contribution is 6.05. The van der Waals surface area contributed by atoms with Gasteiger partial charge in [-0.2, -0.15) is 8.78 Å². The average molecular weight is 374 g/mol. The van der Waals surface area contributed by atoms with Crippen LogP contribution in [0.4, 0.5) is 8.78 Å². The average Bonchev–Trinajstić information content (AvgIpc) is 2.62. The van der Waals surface area contributed by atoms with Crippen LogP contribution >= 0.6 is 0 Å². The minimum atomic E-state index is -2.91. The Morgan fingerprint density at radius 3 is 2.19 bits per heavy atom. The molecule has 0 spiro atoms. The van der Waals surface area contributed by atoms with Gasteiger partial charge in [-0.3, -0.25) is 9.59 Å². The van der Waals surface area contributed by atoms with Crippen LogP contribution in [0.1, 0.15) is 29.8 Å². The van der Waals surface area contributed by atoms with Crippen LogP contribution in [-0.4, -0.2) is 24.5 Å². The smallest absolute Gasteiger partial charge is 0.387 e. The van der Waals surface area contributed by atoms with Gasteiger partial charge in [0.25, 0.3) is 11.8 Å². The van der Waals surface area contributed by atoms with E-state index in [0.29, 0.717) is 11.1 Å². The molecule has 2 aromatic carbocycles. The Labute approximate surface area is 156 Å². The Balaban J connectivity index is 2.24. The maximum Gasteiger partial charge on any atom is 0.387 e. The number of halogens is 2. The van der Waals surface area contributed by atoms with Crippen molar-refractivity contribution in [1.29, 1.82) is 0 Å². The number of carbonyl (C=O) groups excluding carboxylic acids is 2. The van der Waals surface area contributed by atoms with Crippen molar-refractivity contribution in [2.45, 2.75) is 26.5 Å². The zero-order valence-corrected chi connectivity index (χ0v) is 14.9. The van der Waals surface area contributed by atoms with Gasteiger partial charge in [0, 0.05) is 11.6 Å². The Kier molecular flexibility index (Phi) is 7.05. The fourth-order valence-corrected chi connectivity index (χ4v) is 2.19. The van der Waals surface area contributed by atoms with Crippen LogP contribution in [0.5, 0.6) is 5.75 Å². The third-order valence-electron chi connectivity index (χ3n) is 3.36. The SMILES string of the molecule is CC(C)NC(=O)/C(=C/c1ccc(OC(F)F)cc1)NC(=O)c1ccccc1. The maximum atomic E-state index is 12.4. The monoisotopic (exact) mass is 374 g/mol. The number of alkyl halides is 2.